The standard InChI is InChI=1S/C22H20ClN3.2ClH/c1-26-15-18-4-2-3-5-20(18)22(17-6-8-19(23)9-7-17)25-21(26)14-16-10-12-24-13-11-16;;/h2-13,22H,14-15H2,1H3;2*1H. The van der Waals surface area contributed by atoms with E-state index in [4.69, 9.17) is 16.6 Å². The molecule has 3 nitrogen and oxygen atoms in total. The molecule has 1 aromatic heterocycles. The molecule has 0 N–H and O–H groups in total. The average Bonchev–Trinajstić information content (AvgIpc) is 2.80. The molecule has 2 heterocycles. The number of rotatable bonds is 3. The lowest BCUT2D eigenvalue weighted by Crippen LogP contribution is -2.27. The third-order valence-corrected chi connectivity index (χ3v) is 5.03. The zero-order valence-electron chi connectivity index (χ0n) is 15.5. The molecule has 0 saturated carbocycles. The van der Waals surface area contributed by atoms with Gasteiger partial charge in [0.05, 0.1) is 0 Å². The average molecular weight is 435 g/mol. The fourth-order valence-corrected chi connectivity index (χ4v) is 3.50. The number of aromatic nitrogens is 1. The highest BCUT2D eigenvalue weighted by molar-refractivity contribution is 6.30. The molecule has 0 aliphatic carbocycles. The lowest BCUT2D eigenvalue weighted by Gasteiger charge is -2.20. The van der Waals surface area contributed by atoms with Gasteiger partial charge in [-0.25, -0.2) is 0 Å². The van der Waals surface area contributed by atoms with E-state index >= 15 is 0 Å². The molecule has 0 amide bonds. The van der Waals surface area contributed by atoms with Gasteiger partial charge in [0.1, 0.15) is 11.9 Å². The molecular formula is C22H22Cl3N3. The number of likely N-dealkylation sites (N-methyl/N-ethyl adjacent to an activating group) is 1. The van der Waals surface area contributed by atoms with E-state index in [0.717, 1.165) is 29.4 Å². The highest BCUT2D eigenvalue weighted by Gasteiger charge is 2.23. The Morgan fingerprint density at radius 3 is 2.36 bits per heavy atom. The summed E-state index contributed by atoms with van der Waals surface area (Å²) in [7, 11) is 2.11. The Balaban J connectivity index is 0.00000140. The summed E-state index contributed by atoms with van der Waals surface area (Å²) in [5, 5.41) is 0.744. The molecule has 28 heavy (non-hydrogen) atoms. The van der Waals surface area contributed by atoms with E-state index in [2.05, 4.69) is 53.3 Å². The van der Waals surface area contributed by atoms with Crippen LogP contribution >= 0.6 is 36.4 Å². The Bertz CT molecular complexity index is 927. The van der Waals surface area contributed by atoms with Gasteiger partial charge in [0.25, 0.3) is 0 Å². The lowest BCUT2D eigenvalue weighted by molar-refractivity contribution is 0.494. The van der Waals surface area contributed by atoms with Crippen LogP contribution in [0.1, 0.15) is 28.3 Å². The fraction of sp³-hybridized carbons (Fsp3) is 0.182. The maximum atomic E-state index is 6.09. The molecule has 1 aliphatic rings. The van der Waals surface area contributed by atoms with Crippen LogP contribution in [-0.2, 0) is 13.0 Å². The van der Waals surface area contributed by atoms with Crippen molar-refractivity contribution < 1.29 is 0 Å². The predicted octanol–water partition coefficient (Wildman–Crippen LogP) is 5.75. The van der Waals surface area contributed by atoms with Crippen LogP contribution in [0.2, 0.25) is 5.02 Å². The van der Waals surface area contributed by atoms with Gasteiger partial charge < -0.3 is 4.90 Å². The smallest absolute Gasteiger partial charge is 0.105 e. The third-order valence-electron chi connectivity index (χ3n) is 4.77. The quantitative estimate of drug-likeness (QED) is 0.524. The van der Waals surface area contributed by atoms with Crippen LogP contribution in [0.3, 0.4) is 0 Å². The van der Waals surface area contributed by atoms with Crippen LogP contribution in [0, 0.1) is 0 Å². The van der Waals surface area contributed by atoms with E-state index < -0.39 is 0 Å². The lowest BCUT2D eigenvalue weighted by atomic mass is 9.95. The molecule has 0 radical (unpaired) electrons. The van der Waals surface area contributed by atoms with Crippen molar-refractivity contribution in [2.24, 2.45) is 4.99 Å². The van der Waals surface area contributed by atoms with Gasteiger partial charge in [-0.1, -0.05) is 48.0 Å². The van der Waals surface area contributed by atoms with Gasteiger partial charge in [-0.05, 0) is 46.5 Å². The SMILES string of the molecule is CN1Cc2ccccc2C(c2ccc(Cl)cc2)N=C1Cc1ccncc1.Cl.Cl. The van der Waals surface area contributed by atoms with Crippen LogP contribution in [0.15, 0.2) is 78.0 Å². The summed E-state index contributed by atoms with van der Waals surface area (Å²) in [6, 6.07) is 20.7. The van der Waals surface area contributed by atoms with E-state index in [1.807, 2.05) is 36.7 Å². The second kappa shape index (κ2) is 9.92. The van der Waals surface area contributed by atoms with Gasteiger partial charge in [-0.15, -0.1) is 24.8 Å². The summed E-state index contributed by atoms with van der Waals surface area (Å²) in [4.78, 5) is 11.5. The van der Waals surface area contributed by atoms with Crippen LogP contribution in [0.4, 0.5) is 0 Å². The molecule has 1 unspecified atom stereocenters. The molecule has 146 valence electrons. The van der Waals surface area contributed by atoms with Crippen LogP contribution < -0.4 is 0 Å². The number of hydrogen-bond acceptors (Lipinski definition) is 3. The minimum atomic E-state index is -0.0229. The predicted molar refractivity (Wildman–Crippen MR) is 121 cm³/mol. The van der Waals surface area contributed by atoms with Crippen molar-refractivity contribution in [3.63, 3.8) is 0 Å². The molecule has 0 bridgehead atoms. The van der Waals surface area contributed by atoms with Gasteiger partial charge in [0, 0.05) is 37.4 Å². The van der Waals surface area contributed by atoms with E-state index in [9.17, 15) is 0 Å². The van der Waals surface area contributed by atoms with Crippen LogP contribution in [0.25, 0.3) is 0 Å². The Morgan fingerprint density at radius 1 is 0.964 bits per heavy atom. The van der Waals surface area contributed by atoms with E-state index in [1.54, 1.807) is 0 Å². The minimum absolute atomic E-state index is 0. The highest BCUT2D eigenvalue weighted by atomic mass is 35.5. The number of nitrogens with zero attached hydrogens (tertiary/aromatic N) is 3. The maximum Gasteiger partial charge on any atom is 0.105 e. The van der Waals surface area contributed by atoms with Crippen molar-refractivity contribution in [3.8, 4) is 0 Å². The molecule has 4 rings (SSSR count). The third kappa shape index (κ3) is 4.85. The Hall–Kier alpha value is -2.07. The van der Waals surface area contributed by atoms with Crippen molar-refractivity contribution >= 4 is 42.3 Å². The monoisotopic (exact) mass is 433 g/mol. The second-order valence-electron chi connectivity index (χ2n) is 6.59. The van der Waals surface area contributed by atoms with E-state index in [0.29, 0.717) is 0 Å². The summed E-state index contributed by atoms with van der Waals surface area (Å²) >= 11 is 6.09. The number of aliphatic imine (C=N–C) groups is 1. The Labute approximate surface area is 183 Å². The number of hydrogen-bond donors (Lipinski definition) is 0. The molecule has 2 aromatic carbocycles. The molecule has 3 aromatic rings. The van der Waals surface area contributed by atoms with E-state index in [-0.39, 0.29) is 30.9 Å². The fourth-order valence-electron chi connectivity index (χ4n) is 3.37. The van der Waals surface area contributed by atoms with Gasteiger partial charge in [-0.2, -0.15) is 0 Å². The van der Waals surface area contributed by atoms with E-state index in [1.165, 1.54) is 16.7 Å². The molecule has 0 spiro atoms. The number of halogens is 3. The summed E-state index contributed by atoms with van der Waals surface area (Å²) in [5.41, 5.74) is 4.94. The highest BCUT2D eigenvalue weighted by Crippen LogP contribution is 2.33. The first-order valence-corrected chi connectivity index (χ1v) is 9.08. The second-order valence-corrected chi connectivity index (χ2v) is 7.02. The van der Waals surface area contributed by atoms with Crippen molar-refractivity contribution in [3.05, 3.63) is 100 Å². The topological polar surface area (TPSA) is 28.5 Å². The zero-order chi connectivity index (χ0) is 17.9. The zero-order valence-corrected chi connectivity index (χ0v) is 17.8. The summed E-state index contributed by atoms with van der Waals surface area (Å²) < 4.78 is 0. The number of fused-ring (bicyclic) bond motifs is 1. The molecule has 0 fully saturated rings. The van der Waals surface area contributed by atoms with Crippen molar-refractivity contribution in [1.82, 2.24) is 9.88 Å². The summed E-state index contributed by atoms with van der Waals surface area (Å²) in [6.07, 6.45) is 4.45. The summed E-state index contributed by atoms with van der Waals surface area (Å²) in [6.45, 7) is 0.851. The molecule has 6 heteroatoms. The van der Waals surface area contributed by atoms with Gasteiger partial charge in [0.2, 0.25) is 0 Å². The molecular weight excluding hydrogens is 413 g/mol. The largest absolute Gasteiger partial charge is 0.359 e. The number of benzene rings is 2. The van der Waals surface area contributed by atoms with Gasteiger partial charge >= 0.3 is 0 Å². The van der Waals surface area contributed by atoms with Crippen molar-refractivity contribution in [2.75, 3.05) is 7.05 Å². The number of amidine groups is 1. The Morgan fingerprint density at radius 2 is 1.64 bits per heavy atom. The maximum absolute atomic E-state index is 6.09. The first kappa shape index (κ1) is 22.2. The van der Waals surface area contributed by atoms with Gasteiger partial charge in [0.15, 0.2) is 0 Å². The number of pyridine rings is 1. The van der Waals surface area contributed by atoms with Crippen molar-refractivity contribution in [1.29, 1.82) is 0 Å². The van der Waals surface area contributed by atoms with Crippen molar-refractivity contribution in [2.45, 2.75) is 19.0 Å². The molecule has 1 atom stereocenters. The molecule has 1 aliphatic heterocycles. The summed E-state index contributed by atoms with van der Waals surface area (Å²) in [5.74, 6) is 1.08. The normalized spacial score (nSPS) is 15.4. The van der Waals surface area contributed by atoms with Crippen LogP contribution in [-0.4, -0.2) is 22.8 Å². The van der Waals surface area contributed by atoms with Gasteiger partial charge in [-0.3, -0.25) is 9.98 Å². The Kier molecular flexibility index (Phi) is 7.88. The first-order valence-electron chi connectivity index (χ1n) is 8.70. The molecule has 0 saturated heterocycles. The van der Waals surface area contributed by atoms with Crippen LogP contribution in [0.5, 0.6) is 0 Å². The first-order chi connectivity index (χ1) is 12.7. The minimum Gasteiger partial charge on any atom is -0.359 e.